The second kappa shape index (κ2) is 5.73. The Hall–Kier alpha value is -1.08. The van der Waals surface area contributed by atoms with Gasteiger partial charge < -0.3 is 5.43 Å². The van der Waals surface area contributed by atoms with Gasteiger partial charge in [0.25, 0.3) is 10.0 Å². The van der Waals surface area contributed by atoms with Gasteiger partial charge in [-0.2, -0.15) is 4.31 Å². The second-order valence-corrected chi connectivity index (χ2v) is 8.85. The van der Waals surface area contributed by atoms with Crippen LogP contribution in [0, 0.1) is 10.1 Å². The summed E-state index contributed by atoms with van der Waals surface area (Å²) in [6.07, 6.45) is 0. The molecule has 0 saturated carbocycles. The number of nitrogens with two attached hydrogens (primary N) is 1. The van der Waals surface area contributed by atoms with Crippen molar-refractivity contribution in [1.82, 2.24) is 4.31 Å². The summed E-state index contributed by atoms with van der Waals surface area (Å²) in [5.74, 6) is 5.69. The molecule has 1 fully saturated rings. The normalized spacial score (nSPS) is 18.1. The van der Waals surface area contributed by atoms with Gasteiger partial charge in [-0.25, -0.2) is 14.3 Å². The maximum atomic E-state index is 12.3. The summed E-state index contributed by atoms with van der Waals surface area (Å²) in [7, 11) is -4.82. The first-order valence-electron chi connectivity index (χ1n) is 5.46. The monoisotopic (exact) mass is 340 g/mol. The smallest absolute Gasteiger partial charge is 0.306 e. The van der Waals surface area contributed by atoms with Gasteiger partial charge in [-0.15, -0.1) is 0 Å². The average molecular weight is 340 g/mol. The van der Waals surface area contributed by atoms with E-state index in [1.807, 2.05) is 0 Å². The molecule has 0 bridgehead atoms. The van der Waals surface area contributed by atoms with Gasteiger partial charge in [0.2, 0.25) is 0 Å². The van der Waals surface area contributed by atoms with E-state index in [4.69, 9.17) is 5.84 Å². The van der Waals surface area contributed by atoms with Gasteiger partial charge in [0.15, 0.2) is 5.00 Å². The Balaban J connectivity index is 2.34. The van der Waals surface area contributed by atoms with Crippen molar-refractivity contribution >= 4 is 42.8 Å². The number of rotatable bonds is 4. The van der Waals surface area contributed by atoms with Crippen LogP contribution in [0.1, 0.15) is 0 Å². The number of hydrogen-bond acceptors (Lipinski definition) is 8. The Labute approximate surface area is 121 Å². The summed E-state index contributed by atoms with van der Waals surface area (Å²) in [4.78, 5) is 10.1. The van der Waals surface area contributed by atoms with Crippen LogP contribution in [0.15, 0.2) is 10.3 Å². The molecule has 0 aliphatic carbocycles. The first-order valence-corrected chi connectivity index (χ1v) is 9.20. The maximum Gasteiger partial charge on any atom is 0.306 e. The lowest BCUT2D eigenvalue weighted by atomic mass is 10.5. The molecule has 1 aromatic heterocycles. The van der Waals surface area contributed by atoms with Crippen molar-refractivity contribution in [2.24, 2.45) is 5.84 Å². The molecule has 0 amide bonds. The Morgan fingerprint density at radius 1 is 1.45 bits per heavy atom. The minimum absolute atomic E-state index is 0.0193. The summed E-state index contributed by atoms with van der Waals surface area (Å²) in [6.45, 7) is 0.290. The molecule has 0 radical (unpaired) electrons. The van der Waals surface area contributed by atoms with Crippen molar-refractivity contribution in [3.8, 4) is 0 Å². The van der Waals surface area contributed by atoms with Gasteiger partial charge >= 0.3 is 5.69 Å². The predicted octanol–water partition coefficient (Wildman–Crippen LogP) is -0.305. The van der Waals surface area contributed by atoms with Crippen LogP contribution in [0.2, 0.25) is 0 Å². The maximum absolute atomic E-state index is 12.3. The van der Waals surface area contributed by atoms with Gasteiger partial charge in [0, 0.05) is 41.5 Å². The van der Waals surface area contributed by atoms with Crippen LogP contribution in [0.4, 0.5) is 10.7 Å². The fourth-order valence-electron chi connectivity index (χ4n) is 1.71. The number of hydrazine groups is 1. The lowest BCUT2D eigenvalue weighted by Gasteiger charge is -2.24. The van der Waals surface area contributed by atoms with Crippen molar-refractivity contribution in [2.75, 3.05) is 30.0 Å². The molecule has 0 unspecified atom stereocenters. The summed E-state index contributed by atoms with van der Waals surface area (Å²) in [6, 6.07) is 0.987. The van der Waals surface area contributed by atoms with E-state index >= 15 is 0 Å². The van der Waals surface area contributed by atoms with Gasteiger partial charge in [-0.3, -0.25) is 14.3 Å². The van der Waals surface area contributed by atoms with Crippen molar-refractivity contribution in [1.29, 1.82) is 0 Å². The highest BCUT2D eigenvalue weighted by Crippen LogP contribution is 2.37. The molecular formula is C8H12N4O5S3. The first kappa shape index (κ1) is 15.3. The summed E-state index contributed by atoms with van der Waals surface area (Å²) >= 11 is 0.706. The lowest BCUT2D eigenvalue weighted by molar-refractivity contribution is -0.383. The standard InChI is InChI=1S/C8H12N4O5S3/c9-10-8-6(12(13)14)5-7(18-8)20(16,17)11-1-3-19(15)4-2-11/h5,10H,1-4,9H2. The van der Waals surface area contributed by atoms with Crippen molar-refractivity contribution in [2.45, 2.75) is 4.21 Å². The third-order valence-electron chi connectivity index (χ3n) is 2.75. The van der Waals surface area contributed by atoms with Crippen LogP contribution in [0.3, 0.4) is 0 Å². The Bertz CT molecular complexity index is 645. The highest BCUT2D eigenvalue weighted by Gasteiger charge is 2.32. The molecule has 0 aromatic carbocycles. The number of nitro groups is 1. The average Bonchev–Trinajstić information content (AvgIpc) is 2.84. The predicted molar refractivity (Wildman–Crippen MR) is 75.4 cm³/mol. The molecular weight excluding hydrogens is 328 g/mol. The Morgan fingerprint density at radius 2 is 2.05 bits per heavy atom. The number of nitrogens with one attached hydrogen (secondary N) is 1. The highest BCUT2D eigenvalue weighted by atomic mass is 32.2. The zero-order chi connectivity index (χ0) is 14.9. The highest BCUT2D eigenvalue weighted by molar-refractivity contribution is 7.91. The van der Waals surface area contributed by atoms with E-state index in [1.165, 1.54) is 4.31 Å². The first-order chi connectivity index (χ1) is 9.36. The van der Waals surface area contributed by atoms with Crippen LogP contribution in [-0.4, -0.2) is 46.5 Å². The van der Waals surface area contributed by atoms with Gasteiger partial charge in [-0.1, -0.05) is 11.3 Å². The summed E-state index contributed by atoms with van der Waals surface area (Å²) in [5.41, 5.74) is 1.75. The van der Waals surface area contributed by atoms with Crippen LogP contribution < -0.4 is 11.3 Å². The number of nitrogen functional groups attached to an aromatic ring is 1. The van der Waals surface area contributed by atoms with E-state index in [0.717, 1.165) is 6.07 Å². The van der Waals surface area contributed by atoms with E-state index in [0.29, 0.717) is 11.3 Å². The quantitative estimate of drug-likeness (QED) is 0.436. The van der Waals surface area contributed by atoms with E-state index in [-0.39, 0.29) is 39.5 Å². The topological polar surface area (TPSA) is 136 Å². The van der Waals surface area contributed by atoms with Crippen LogP contribution in [0.5, 0.6) is 0 Å². The van der Waals surface area contributed by atoms with E-state index < -0.39 is 25.7 Å². The molecule has 112 valence electrons. The second-order valence-electron chi connectivity index (χ2n) is 3.93. The lowest BCUT2D eigenvalue weighted by Crippen LogP contribution is -2.41. The van der Waals surface area contributed by atoms with Crippen molar-refractivity contribution < 1.29 is 17.6 Å². The molecule has 2 rings (SSSR count). The fraction of sp³-hybridized carbons (Fsp3) is 0.500. The Kier molecular flexibility index (Phi) is 4.39. The number of hydrogen-bond donors (Lipinski definition) is 2. The zero-order valence-corrected chi connectivity index (χ0v) is 12.6. The van der Waals surface area contributed by atoms with E-state index in [1.54, 1.807) is 0 Å². The molecule has 2 heterocycles. The van der Waals surface area contributed by atoms with Crippen LogP contribution >= 0.6 is 11.3 Å². The Morgan fingerprint density at radius 3 is 2.50 bits per heavy atom. The molecule has 9 nitrogen and oxygen atoms in total. The number of thiophene rings is 1. The molecule has 12 heteroatoms. The van der Waals surface area contributed by atoms with Gasteiger partial charge in [-0.05, 0) is 0 Å². The summed E-state index contributed by atoms with van der Waals surface area (Å²) in [5, 5.41) is 10.8. The largest absolute Gasteiger partial charge is 0.310 e. The van der Waals surface area contributed by atoms with Crippen molar-refractivity contribution in [3.63, 3.8) is 0 Å². The van der Waals surface area contributed by atoms with Crippen molar-refractivity contribution in [3.05, 3.63) is 16.2 Å². The van der Waals surface area contributed by atoms with Gasteiger partial charge in [0.05, 0.1) is 4.92 Å². The summed E-state index contributed by atoms with van der Waals surface area (Å²) < 4.78 is 37.0. The van der Waals surface area contributed by atoms with Crippen LogP contribution in [0.25, 0.3) is 0 Å². The molecule has 1 aliphatic heterocycles. The third-order valence-corrected chi connectivity index (χ3v) is 7.43. The molecule has 1 aliphatic rings. The molecule has 1 aromatic rings. The zero-order valence-electron chi connectivity index (χ0n) is 10.1. The SMILES string of the molecule is NNc1sc(S(=O)(=O)N2CCS(=O)CC2)cc1[N+](=O)[O-]. The third kappa shape index (κ3) is 2.83. The number of sulfonamides is 1. The molecule has 0 spiro atoms. The molecule has 1 saturated heterocycles. The van der Waals surface area contributed by atoms with Crippen LogP contribution in [-0.2, 0) is 20.8 Å². The van der Waals surface area contributed by atoms with Gasteiger partial charge in [0.1, 0.15) is 4.21 Å². The number of nitrogens with zero attached hydrogens (tertiary/aromatic N) is 2. The number of anilines is 1. The molecule has 20 heavy (non-hydrogen) atoms. The minimum atomic E-state index is -3.81. The van der Waals surface area contributed by atoms with E-state index in [9.17, 15) is 22.7 Å². The fourth-order valence-corrected chi connectivity index (χ4v) is 5.83. The minimum Gasteiger partial charge on any atom is -0.310 e. The van der Waals surface area contributed by atoms with E-state index in [2.05, 4.69) is 5.43 Å². The molecule has 0 atom stereocenters. The molecule has 3 N–H and O–H groups in total.